The summed E-state index contributed by atoms with van der Waals surface area (Å²) in [6.45, 7) is 6.65. The zero-order valence-corrected chi connectivity index (χ0v) is 67.0. The molecule has 120 heavy (non-hydrogen) atoms. The van der Waals surface area contributed by atoms with Crippen LogP contribution in [0.1, 0.15) is 120 Å². The van der Waals surface area contributed by atoms with Crippen molar-refractivity contribution in [2.45, 2.75) is 203 Å². The van der Waals surface area contributed by atoms with Crippen LogP contribution in [-0.4, -0.2) is 238 Å². The van der Waals surface area contributed by atoms with Crippen molar-refractivity contribution >= 4 is 111 Å². The summed E-state index contributed by atoms with van der Waals surface area (Å²) in [5.41, 5.74) is 12.2. The zero-order chi connectivity index (χ0) is 86.3. The Hall–Kier alpha value is -13.3. The van der Waals surface area contributed by atoms with E-state index in [9.17, 15) is 63.0 Å². The first-order valence-corrected chi connectivity index (χ1v) is 39.7. The van der Waals surface area contributed by atoms with Crippen molar-refractivity contribution in [2.75, 3.05) is 26.3 Å². The molecule has 0 radical (unpaired) electrons. The van der Waals surface area contributed by atoms with E-state index in [4.69, 9.17) is 10.5 Å². The van der Waals surface area contributed by atoms with Gasteiger partial charge in [0.1, 0.15) is 78.3 Å². The van der Waals surface area contributed by atoms with Crippen molar-refractivity contribution in [3.63, 3.8) is 0 Å². The van der Waals surface area contributed by atoms with E-state index < -0.39 is 168 Å². The van der Waals surface area contributed by atoms with E-state index in [1.54, 1.807) is 77.3 Å². The first-order chi connectivity index (χ1) is 57.3. The molecule has 0 bridgehead atoms. The molecule has 3 fully saturated rings. The number of phenols is 1. The number of likely N-dealkylation sites (tertiary alicyclic amines) is 1. The first kappa shape index (κ1) is 89.1. The minimum absolute atomic E-state index is 0.00308. The maximum Gasteiger partial charge on any atom is 0.330 e. The van der Waals surface area contributed by atoms with Crippen LogP contribution in [0, 0.1) is 5.92 Å². The van der Waals surface area contributed by atoms with Gasteiger partial charge in [0.15, 0.2) is 0 Å². The number of aromatic nitrogens is 6. The third-order valence-corrected chi connectivity index (χ3v) is 20.5. The number of primary amides is 1. The maximum atomic E-state index is 15.1. The SMILES string of the molecule is CC(C)C[C@H](NC(=O)[C@@H](COC(C)(C)C)NC(=O)[C@H](Cc1ccc(O)cc1)NC(=O)[C@H](CO)NC(=O)[C@H](Cc1c[nH]c2ccccc12)NC(=O)[C@H](Cc1c[nH]cn1)NC(=O)[C@@H]1CCC(=O)N1)C(=O)N[C@@H](CCCNC(=O)[C@H](Cc1c[nH]c2ccccc12)NC(=O)[C@H](Cc1c[nH]cn1)NC(=O)[C@@H]1CCC(=O)N1)C(=O)N1CCC[C@H]1C(=O)NNC(N)=O. The van der Waals surface area contributed by atoms with Gasteiger partial charge in [0.2, 0.25) is 76.8 Å². The van der Waals surface area contributed by atoms with Crippen molar-refractivity contribution in [3.8, 4) is 5.75 Å². The van der Waals surface area contributed by atoms with E-state index in [0.29, 0.717) is 45.4 Å². The molecule has 22 N–H and O–H groups in total. The largest absolute Gasteiger partial charge is 0.508 e. The van der Waals surface area contributed by atoms with Gasteiger partial charge in [-0.15, -0.1) is 0 Å². The summed E-state index contributed by atoms with van der Waals surface area (Å²) < 4.78 is 6.11. The number of imidazole rings is 2. The number of phenolic OH excluding ortho intramolecular Hbond substituents is 1. The average Bonchev–Trinajstić information content (AvgIpc) is 1.65. The Kier molecular flexibility index (Phi) is 31.0. The smallest absolute Gasteiger partial charge is 0.330 e. The van der Waals surface area contributed by atoms with Gasteiger partial charge in [0.05, 0.1) is 42.9 Å². The number of carbonyl (C=O) groups excluding carboxylic acids is 15. The highest BCUT2D eigenvalue weighted by atomic mass is 16.5. The molecule has 10 rings (SSSR count). The molecule has 3 aliphatic rings. The Bertz CT molecular complexity index is 4810. The number of nitrogens with two attached hydrogens (primary N) is 1. The number of amides is 16. The Morgan fingerprint density at radius 3 is 1.48 bits per heavy atom. The Morgan fingerprint density at radius 1 is 0.533 bits per heavy atom. The van der Waals surface area contributed by atoms with Gasteiger partial charge in [0, 0.05) is 105 Å². The van der Waals surface area contributed by atoms with E-state index in [-0.39, 0.29) is 120 Å². The van der Waals surface area contributed by atoms with Crippen molar-refractivity contribution in [1.82, 2.24) is 109 Å². The summed E-state index contributed by atoms with van der Waals surface area (Å²) in [6, 6.07) is 2.02. The predicted octanol–water partition coefficient (Wildman–Crippen LogP) is -2.32. The van der Waals surface area contributed by atoms with Gasteiger partial charge in [-0.25, -0.2) is 20.2 Å². The van der Waals surface area contributed by atoms with Gasteiger partial charge in [-0.3, -0.25) is 72.5 Å². The predicted molar refractivity (Wildman–Crippen MR) is 430 cm³/mol. The summed E-state index contributed by atoms with van der Waals surface area (Å²) in [4.78, 5) is 232. The Balaban J connectivity index is 0.869. The van der Waals surface area contributed by atoms with Crippen LogP contribution in [-0.2, 0) is 104 Å². The number of nitrogens with zero attached hydrogens (tertiary/aromatic N) is 3. The highest BCUT2D eigenvalue weighted by molar-refractivity contribution is 6.01. The molecule has 40 nitrogen and oxygen atoms in total. The summed E-state index contributed by atoms with van der Waals surface area (Å²) in [5.74, 6) is -11.5. The van der Waals surface area contributed by atoms with Crippen molar-refractivity contribution in [3.05, 3.63) is 138 Å². The quantitative estimate of drug-likeness (QED) is 0.0142. The molecule has 7 aromatic rings. The number of urea groups is 1. The van der Waals surface area contributed by atoms with Crippen LogP contribution in [0.15, 0.2) is 110 Å². The number of aliphatic hydroxyl groups excluding tert-OH is 1. The van der Waals surface area contributed by atoms with Crippen LogP contribution in [0.5, 0.6) is 5.75 Å². The van der Waals surface area contributed by atoms with Crippen LogP contribution < -0.4 is 80.4 Å². The van der Waals surface area contributed by atoms with Gasteiger partial charge in [-0.2, -0.15) is 0 Å². The molecule has 642 valence electrons. The number of rotatable bonds is 40. The molecule has 0 unspecified atom stereocenters. The molecule has 40 heteroatoms. The summed E-state index contributed by atoms with van der Waals surface area (Å²) >= 11 is 0. The van der Waals surface area contributed by atoms with E-state index in [2.05, 4.69) is 99.1 Å². The number of hydrazine groups is 1. The normalized spacial score (nSPS) is 17.4. The highest BCUT2D eigenvalue weighted by Gasteiger charge is 2.42. The summed E-state index contributed by atoms with van der Waals surface area (Å²) in [5, 5.41) is 54.8. The summed E-state index contributed by atoms with van der Waals surface area (Å²) in [7, 11) is 0. The molecular weight excluding hydrogens is 1560 g/mol. The van der Waals surface area contributed by atoms with Crippen molar-refractivity contribution < 1.29 is 86.9 Å². The van der Waals surface area contributed by atoms with Gasteiger partial charge >= 0.3 is 6.03 Å². The maximum absolute atomic E-state index is 15.1. The number of nitrogens with one attached hydrogen (secondary N) is 18. The lowest BCUT2D eigenvalue weighted by atomic mass is 10.0. The standard InChI is InChI=1S/C80H104N22O18/c1-42(2)28-56(70(110)91-55(78(118)102-27-11-17-64(102)77(117)100-101-79(81)119)16-10-26-84-67(107)58(30-44-34-85-51-14-8-6-12-49(44)51)94-73(113)60(32-46-36-82-40-87-46)96-68(108)53-22-24-65(105)89-53)92-76(116)63(39-120-80(3,4)5)99-71(111)57(29-43-18-20-48(104)21-19-43)93-75(115)62(38-103)98-72(112)59(31-45-35-86-52-15-9-7-13-50(45)52)95-74(114)61(33-47-37-83-41-88-47)97-69(109)54-23-25-66(106)90-54/h6-9,12-15,18-21,34-37,40-42,53-64,85-86,103-104H,10-11,16-17,22-33,38-39H2,1-5H3,(H,82,87)(H,83,88)(H,84,107)(H,89,105)(H,90,106)(H,91,110)(H,92,116)(H,93,115)(H,94,113)(H,95,114)(H,96,108)(H,97,109)(H,98,112)(H,99,111)(H,100,117)(H3,81,101,119)/t53-,54-,55-,56-,57-,58-,59-,60-,61-,62-,63+,64-/m0/s1. The van der Waals surface area contributed by atoms with Crippen LogP contribution in [0.2, 0.25) is 0 Å². The molecular formula is C80H104N22O18. The van der Waals surface area contributed by atoms with Gasteiger partial charge in [-0.1, -0.05) is 62.4 Å². The number of aliphatic hydroxyl groups is 1. The van der Waals surface area contributed by atoms with E-state index >= 15 is 19.2 Å². The third kappa shape index (κ3) is 25.4. The third-order valence-electron chi connectivity index (χ3n) is 20.5. The van der Waals surface area contributed by atoms with E-state index in [1.165, 1.54) is 54.2 Å². The molecule has 16 amide bonds. The fourth-order valence-corrected chi connectivity index (χ4v) is 14.3. The molecule has 0 aliphatic carbocycles. The number of benzene rings is 3. The lowest BCUT2D eigenvalue weighted by Gasteiger charge is -2.31. The van der Waals surface area contributed by atoms with Gasteiger partial charge < -0.3 is 109 Å². The topological polar surface area (TPSA) is 592 Å². The number of hydrogen-bond acceptors (Lipinski definition) is 20. The van der Waals surface area contributed by atoms with Crippen molar-refractivity contribution in [2.24, 2.45) is 11.7 Å². The number of hydrogen-bond donors (Lipinski definition) is 21. The Morgan fingerprint density at radius 2 is 0.992 bits per heavy atom. The fourth-order valence-electron chi connectivity index (χ4n) is 14.3. The zero-order valence-electron chi connectivity index (χ0n) is 67.0. The fraction of sp³-hybridized carbons (Fsp3) is 0.463. The second-order valence-corrected chi connectivity index (χ2v) is 31.2. The van der Waals surface area contributed by atoms with Crippen LogP contribution in [0.4, 0.5) is 4.79 Å². The molecule has 3 aliphatic heterocycles. The number of ether oxygens (including phenoxy) is 1. The van der Waals surface area contributed by atoms with Crippen molar-refractivity contribution in [1.29, 1.82) is 0 Å². The number of carbonyl (C=O) groups is 15. The lowest BCUT2D eigenvalue weighted by Crippen LogP contribution is -2.62. The average molecular weight is 1660 g/mol. The van der Waals surface area contributed by atoms with Crippen LogP contribution in [0.3, 0.4) is 0 Å². The first-order valence-electron chi connectivity index (χ1n) is 39.7. The monoisotopic (exact) mass is 1660 g/mol. The molecule has 12 atom stereocenters. The second kappa shape index (κ2) is 41.7. The minimum atomic E-state index is -1.86. The van der Waals surface area contributed by atoms with Gasteiger partial charge in [-0.05, 0) is 113 Å². The number of aromatic amines is 4. The summed E-state index contributed by atoms with van der Waals surface area (Å²) in [6.07, 6.45) is 8.72. The van der Waals surface area contributed by atoms with E-state index in [0.717, 1.165) is 10.9 Å². The van der Waals surface area contributed by atoms with Gasteiger partial charge in [0.25, 0.3) is 5.91 Å². The molecule has 0 saturated carbocycles. The highest BCUT2D eigenvalue weighted by Crippen LogP contribution is 2.25. The van der Waals surface area contributed by atoms with Crippen LogP contribution >= 0.6 is 0 Å². The number of para-hydroxylation sites is 2. The molecule has 3 saturated heterocycles. The molecule has 3 aromatic carbocycles. The second-order valence-electron chi connectivity index (χ2n) is 31.2. The lowest BCUT2D eigenvalue weighted by molar-refractivity contribution is -0.142. The number of H-pyrrole nitrogens is 4. The Labute approximate surface area is 688 Å². The number of fused-ring (bicyclic) bond motifs is 2. The van der Waals surface area contributed by atoms with E-state index in [1.807, 2.05) is 23.6 Å². The molecule has 4 aromatic heterocycles. The van der Waals surface area contributed by atoms with Crippen LogP contribution in [0.25, 0.3) is 21.8 Å². The molecule has 7 heterocycles. The molecule has 0 spiro atoms. The number of aromatic hydroxyl groups is 1. The minimum Gasteiger partial charge on any atom is -0.508 e.